The number of ether oxygens (including phenoxy) is 2. The van der Waals surface area contributed by atoms with E-state index in [9.17, 15) is 5.11 Å². The maximum absolute atomic E-state index is 10.2. The lowest BCUT2D eigenvalue weighted by atomic mass is 9.94. The summed E-state index contributed by atoms with van der Waals surface area (Å²) in [6.07, 6.45) is 0.0860. The molecule has 2 rings (SSSR count). The third-order valence-corrected chi connectivity index (χ3v) is 4.45. The van der Waals surface area contributed by atoms with Gasteiger partial charge in [-0.25, -0.2) is 0 Å². The van der Waals surface area contributed by atoms with Crippen molar-refractivity contribution in [1.82, 2.24) is 5.32 Å². The highest BCUT2D eigenvalue weighted by atomic mass is 35.5. The Morgan fingerprint density at radius 2 is 1.89 bits per heavy atom. The maximum Gasteiger partial charge on any atom is 0.138 e. The lowest BCUT2D eigenvalue weighted by molar-refractivity contribution is 0.0987. The van der Waals surface area contributed by atoms with E-state index in [0.717, 1.165) is 12.2 Å². The highest BCUT2D eigenvalue weighted by Gasteiger charge is 2.20. The number of hydrogen-bond acceptors (Lipinski definition) is 5. The Labute approximate surface area is 177 Å². The fourth-order valence-electron chi connectivity index (χ4n) is 2.69. The standard InChI is InChI=1S/C21H25ClN2O3.ClH/c1-21(2,11-15-7-9-17(26-3)10-8-15)24-13-16(25)14-27-20-6-4-5-19(22)18(20)12-23;/h4-10,16,24-25H,11,13-14H2,1-3H3;1H. The molecule has 0 spiro atoms. The molecular weight excluding hydrogens is 399 g/mol. The number of halogens is 2. The zero-order chi connectivity index (χ0) is 19.9. The topological polar surface area (TPSA) is 74.5 Å². The molecule has 0 aromatic heterocycles. The Hall–Kier alpha value is -1.97. The summed E-state index contributed by atoms with van der Waals surface area (Å²) in [5.41, 5.74) is 1.25. The van der Waals surface area contributed by atoms with Gasteiger partial charge in [-0.2, -0.15) is 5.26 Å². The van der Waals surface area contributed by atoms with Crippen molar-refractivity contribution < 1.29 is 14.6 Å². The SMILES string of the molecule is COc1ccc(CC(C)(C)NCC(O)COc2cccc(Cl)c2C#N)cc1.Cl. The molecule has 28 heavy (non-hydrogen) atoms. The fourth-order valence-corrected chi connectivity index (χ4v) is 2.90. The van der Waals surface area contributed by atoms with Gasteiger partial charge in [0.15, 0.2) is 0 Å². The summed E-state index contributed by atoms with van der Waals surface area (Å²) in [5, 5.41) is 23.1. The van der Waals surface area contributed by atoms with Gasteiger partial charge in [0.2, 0.25) is 0 Å². The number of aliphatic hydroxyl groups excluding tert-OH is 1. The Morgan fingerprint density at radius 3 is 2.50 bits per heavy atom. The molecule has 0 fully saturated rings. The van der Waals surface area contributed by atoms with E-state index in [1.807, 2.05) is 30.3 Å². The minimum atomic E-state index is -0.717. The van der Waals surface area contributed by atoms with Crippen LogP contribution in [-0.4, -0.2) is 37.0 Å². The van der Waals surface area contributed by atoms with Gasteiger partial charge >= 0.3 is 0 Å². The van der Waals surface area contributed by atoms with Gasteiger partial charge in [0, 0.05) is 12.1 Å². The number of methoxy groups -OCH3 is 1. The quantitative estimate of drug-likeness (QED) is 0.636. The second-order valence-corrected chi connectivity index (χ2v) is 7.39. The molecule has 1 unspecified atom stereocenters. The van der Waals surface area contributed by atoms with Crippen molar-refractivity contribution in [3.63, 3.8) is 0 Å². The largest absolute Gasteiger partial charge is 0.497 e. The Bertz CT molecular complexity index is 789. The van der Waals surface area contributed by atoms with E-state index < -0.39 is 6.10 Å². The molecule has 0 saturated carbocycles. The molecular formula is C21H26Cl2N2O3. The van der Waals surface area contributed by atoms with Crippen LogP contribution >= 0.6 is 24.0 Å². The van der Waals surface area contributed by atoms with Gasteiger partial charge in [-0.05, 0) is 50.1 Å². The molecule has 7 heteroatoms. The van der Waals surface area contributed by atoms with Crippen molar-refractivity contribution in [2.45, 2.75) is 31.9 Å². The van der Waals surface area contributed by atoms with Crippen molar-refractivity contribution in [3.05, 3.63) is 58.6 Å². The predicted octanol–water partition coefficient (Wildman–Crippen LogP) is 3.99. The number of hydrogen-bond donors (Lipinski definition) is 2. The normalized spacial score (nSPS) is 11.9. The first-order chi connectivity index (χ1) is 12.8. The van der Waals surface area contributed by atoms with Crippen molar-refractivity contribution in [2.75, 3.05) is 20.3 Å². The maximum atomic E-state index is 10.2. The summed E-state index contributed by atoms with van der Waals surface area (Å²) in [6.45, 7) is 4.59. The second-order valence-electron chi connectivity index (χ2n) is 6.98. The van der Waals surface area contributed by atoms with Crippen LogP contribution in [0, 0.1) is 11.3 Å². The van der Waals surface area contributed by atoms with E-state index in [0.29, 0.717) is 17.3 Å². The van der Waals surface area contributed by atoms with Crippen LogP contribution in [0.4, 0.5) is 0 Å². The lowest BCUT2D eigenvalue weighted by Crippen LogP contribution is -2.46. The summed E-state index contributed by atoms with van der Waals surface area (Å²) in [4.78, 5) is 0. The van der Waals surface area contributed by atoms with Gasteiger partial charge in [0.1, 0.15) is 35.8 Å². The lowest BCUT2D eigenvalue weighted by Gasteiger charge is -2.28. The Morgan fingerprint density at radius 1 is 1.21 bits per heavy atom. The highest BCUT2D eigenvalue weighted by Crippen LogP contribution is 2.25. The molecule has 0 aliphatic rings. The summed E-state index contributed by atoms with van der Waals surface area (Å²) in [5.74, 6) is 1.20. The van der Waals surface area contributed by atoms with Crippen LogP contribution in [0.1, 0.15) is 25.0 Å². The number of β-amino-alcohol motifs (C(OH)–C–C–N with tert-alkyl or cyclic N) is 1. The van der Waals surface area contributed by atoms with Crippen LogP contribution in [0.2, 0.25) is 5.02 Å². The molecule has 0 aliphatic carbocycles. The van der Waals surface area contributed by atoms with Crippen LogP contribution in [0.25, 0.3) is 0 Å². The smallest absolute Gasteiger partial charge is 0.138 e. The molecule has 0 radical (unpaired) electrons. The van der Waals surface area contributed by atoms with Gasteiger partial charge in [0.25, 0.3) is 0 Å². The number of benzene rings is 2. The summed E-state index contributed by atoms with van der Waals surface area (Å²) < 4.78 is 10.7. The summed E-state index contributed by atoms with van der Waals surface area (Å²) in [6, 6.07) is 15.0. The predicted molar refractivity (Wildman–Crippen MR) is 114 cm³/mol. The fraction of sp³-hybridized carbons (Fsp3) is 0.381. The third-order valence-electron chi connectivity index (χ3n) is 4.14. The molecule has 0 amide bonds. The van der Waals surface area contributed by atoms with Gasteiger partial charge in [-0.1, -0.05) is 29.8 Å². The molecule has 2 N–H and O–H groups in total. The minimum Gasteiger partial charge on any atom is -0.497 e. The van der Waals surface area contributed by atoms with E-state index in [-0.39, 0.29) is 30.1 Å². The third kappa shape index (κ3) is 7.21. The van der Waals surface area contributed by atoms with Crippen LogP contribution in [0.15, 0.2) is 42.5 Å². The molecule has 2 aromatic carbocycles. The van der Waals surface area contributed by atoms with Crippen LogP contribution in [0.3, 0.4) is 0 Å². The first kappa shape index (κ1) is 24.1. The molecule has 5 nitrogen and oxygen atoms in total. The average molecular weight is 425 g/mol. The number of nitrogens with zero attached hydrogens (tertiary/aromatic N) is 1. The van der Waals surface area contributed by atoms with Gasteiger partial charge in [0.05, 0.1) is 12.1 Å². The minimum absolute atomic E-state index is 0. The van der Waals surface area contributed by atoms with E-state index in [1.54, 1.807) is 25.3 Å². The van der Waals surface area contributed by atoms with E-state index in [2.05, 4.69) is 19.2 Å². The van der Waals surface area contributed by atoms with Gasteiger partial charge in [-0.3, -0.25) is 0 Å². The van der Waals surface area contributed by atoms with Crippen LogP contribution < -0.4 is 14.8 Å². The van der Waals surface area contributed by atoms with Crippen molar-refractivity contribution >= 4 is 24.0 Å². The second kappa shape index (κ2) is 11.1. The van der Waals surface area contributed by atoms with E-state index >= 15 is 0 Å². The number of aliphatic hydroxyl groups is 1. The molecule has 0 aliphatic heterocycles. The van der Waals surface area contributed by atoms with Crippen molar-refractivity contribution in [2.24, 2.45) is 0 Å². The Kier molecular flexibility index (Phi) is 9.57. The molecule has 152 valence electrons. The molecule has 0 bridgehead atoms. The van der Waals surface area contributed by atoms with Crippen molar-refractivity contribution in [1.29, 1.82) is 5.26 Å². The molecule has 2 aromatic rings. The average Bonchev–Trinajstić information content (AvgIpc) is 2.65. The molecule has 1 atom stereocenters. The molecule has 0 saturated heterocycles. The van der Waals surface area contributed by atoms with Crippen LogP contribution in [0.5, 0.6) is 11.5 Å². The Balaban J connectivity index is 0.00000392. The number of nitriles is 1. The first-order valence-electron chi connectivity index (χ1n) is 8.72. The monoisotopic (exact) mass is 424 g/mol. The van der Waals surface area contributed by atoms with Gasteiger partial charge < -0.3 is 19.9 Å². The zero-order valence-electron chi connectivity index (χ0n) is 16.2. The van der Waals surface area contributed by atoms with Gasteiger partial charge in [-0.15, -0.1) is 12.4 Å². The van der Waals surface area contributed by atoms with Crippen LogP contribution in [-0.2, 0) is 6.42 Å². The zero-order valence-corrected chi connectivity index (χ0v) is 17.8. The summed E-state index contributed by atoms with van der Waals surface area (Å²) in [7, 11) is 1.65. The summed E-state index contributed by atoms with van der Waals surface area (Å²) >= 11 is 5.98. The van der Waals surface area contributed by atoms with E-state index in [4.69, 9.17) is 26.3 Å². The molecule has 0 heterocycles. The van der Waals surface area contributed by atoms with Crippen molar-refractivity contribution in [3.8, 4) is 17.6 Å². The number of rotatable bonds is 9. The first-order valence-corrected chi connectivity index (χ1v) is 9.10. The number of nitrogens with one attached hydrogen (secondary N) is 1. The van der Waals surface area contributed by atoms with E-state index in [1.165, 1.54) is 5.56 Å². The highest BCUT2D eigenvalue weighted by molar-refractivity contribution is 6.31.